The van der Waals surface area contributed by atoms with Crippen molar-refractivity contribution in [2.75, 3.05) is 0 Å². The van der Waals surface area contributed by atoms with Gasteiger partial charge in [-0.15, -0.1) is 0 Å². The fourth-order valence-electron chi connectivity index (χ4n) is 2.70. The first-order valence-corrected chi connectivity index (χ1v) is 6.79. The van der Waals surface area contributed by atoms with Crippen molar-refractivity contribution in [3.05, 3.63) is 35.9 Å². The van der Waals surface area contributed by atoms with Crippen molar-refractivity contribution in [2.24, 2.45) is 11.7 Å². The Labute approximate surface area is 109 Å². The second-order valence-electron chi connectivity index (χ2n) is 5.23. The number of nitrogens with one attached hydrogen (secondary N) is 1. The van der Waals surface area contributed by atoms with E-state index in [1.54, 1.807) is 0 Å². The highest BCUT2D eigenvalue weighted by Gasteiger charge is 2.24. The highest BCUT2D eigenvalue weighted by Crippen LogP contribution is 2.27. The van der Waals surface area contributed by atoms with Crippen molar-refractivity contribution in [1.29, 1.82) is 0 Å². The minimum Gasteiger partial charge on any atom is -0.352 e. The van der Waals surface area contributed by atoms with Gasteiger partial charge in [-0.2, -0.15) is 0 Å². The maximum Gasteiger partial charge on any atom is 0.241 e. The topological polar surface area (TPSA) is 55.1 Å². The molecule has 1 aromatic rings. The number of rotatable bonds is 4. The van der Waals surface area contributed by atoms with Gasteiger partial charge in [0.05, 0.1) is 0 Å². The fraction of sp³-hybridized carbons (Fsp3) is 0.533. The lowest BCUT2D eigenvalue weighted by Crippen LogP contribution is -2.42. The Balaban J connectivity index is 1.91. The predicted octanol–water partition coefficient (Wildman–Crippen LogP) is 2.38. The Hall–Kier alpha value is -1.35. The summed E-state index contributed by atoms with van der Waals surface area (Å²) in [4.78, 5) is 12.1. The van der Waals surface area contributed by atoms with Crippen LogP contribution in [-0.2, 0) is 4.79 Å². The second-order valence-corrected chi connectivity index (χ2v) is 5.23. The molecule has 0 aliphatic heterocycles. The van der Waals surface area contributed by atoms with E-state index in [1.807, 2.05) is 30.3 Å². The number of hydrogen-bond donors (Lipinski definition) is 2. The van der Waals surface area contributed by atoms with Gasteiger partial charge < -0.3 is 11.1 Å². The molecule has 0 heterocycles. The van der Waals surface area contributed by atoms with Crippen molar-refractivity contribution in [3.8, 4) is 0 Å². The molecule has 2 rings (SSSR count). The number of carbonyl (C=O) groups is 1. The van der Waals surface area contributed by atoms with Crippen molar-refractivity contribution in [3.63, 3.8) is 0 Å². The summed E-state index contributed by atoms with van der Waals surface area (Å²) in [7, 11) is 0. The quantitative estimate of drug-likeness (QED) is 0.857. The summed E-state index contributed by atoms with van der Waals surface area (Å²) in [6.45, 7) is 2.09. The van der Waals surface area contributed by atoms with Gasteiger partial charge in [0.2, 0.25) is 5.91 Å². The average Bonchev–Trinajstić information content (AvgIpc) is 2.92. The van der Waals surface area contributed by atoms with Gasteiger partial charge in [-0.1, -0.05) is 43.2 Å². The lowest BCUT2D eigenvalue weighted by Gasteiger charge is -2.22. The van der Waals surface area contributed by atoms with Crippen molar-refractivity contribution in [2.45, 2.75) is 44.7 Å². The van der Waals surface area contributed by atoms with E-state index in [4.69, 9.17) is 5.73 Å². The first kappa shape index (κ1) is 13.1. The number of nitrogens with two attached hydrogens (primary N) is 1. The van der Waals surface area contributed by atoms with E-state index in [0.29, 0.717) is 5.92 Å². The van der Waals surface area contributed by atoms with E-state index in [2.05, 4.69) is 12.2 Å². The summed E-state index contributed by atoms with van der Waals surface area (Å²) in [5.74, 6) is 0.553. The first-order valence-electron chi connectivity index (χ1n) is 6.79. The van der Waals surface area contributed by atoms with Gasteiger partial charge in [-0.05, 0) is 31.2 Å². The lowest BCUT2D eigenvalue weighted by molar-refractivity contribution is -0.123. The summed E-state index contributed by atoms with van der Waals surface area (Å²) in [5, 5.41) is 3.06. The summed E-state index contributed by atoms with van der Waals surface area (Å²) >= 11 is 0. The smallest absolute Gasteiger partial charge is 0.241 e. The second kappa shape index (κ2) is 6.01. The Kier molecular flexibility index (Phi) is 4.37. The molecule has 3 heteroatoms. The molecular weight excluding hydrogens is 224 g/mol. The molecule has 0 radical (unpaired) electrons. The zero-order valence-electron chi connectivity index (χ0n) is 10.9. The van der Waals surface area contributed by atoms with Crippen LogP contribution in [0, 0.1) is 5.92 Å². The Bertz CT molecular complexity index is 385. The number of amides is 1. The van der Waals surface area contributed by atoms with Crippen LogP contribution in [0.3, 0.4) is 0 Å². The number of hydrogen-bond acceptors (Lipinski definition) is 2. The van der Waals surface area contributed by atoms with Gasteiger partial charge in [0.1, 0.15) is 6.04 Å². The summed E-state index contributed by atoms with van der Waals surface area (Å²) in [6.07, 6.45) is 5.02. The van der Waals surface area contributed by atoms with Gasteiger partial charge in [-0.3, -0.25) is 4.79 Å². The molecule has 1 unspecified atom stereocenters. The third kappa shape index (κ3) is 3.10. The molecule has 1 aromatic carbocycles. The summed E-state index contributed by atoms with van der Waals surface area (Å²) in [5.41, 5.74) is 6.84. The highest BCUT2D eigenvalue weighted by molar-refractivity contribution is 5.83. The zero-order valence-corrected chi connectivity index (χ0v) is 10.9. The monoisotopic (exact) mass is 246 g/mol. The predicted molar refractivity (Wildman–Crippen MR) is 72.9 cm³/mol. The van der Waals surface area contributed by atoms with Crippen LogP contribution in [0.25, 0.3) is 0 Å². The number of carbonyl (C=O) groups excluding carboxylic acids is 1. The first-order chi connectivity index (χ1) is 8.68. The van der Waals surface area contributed by atoms with Crippen LogP contribution < -0.4 is 11.1 Å². The molecule has 1 aliphatic rings. The maximum absolute atomic E-state index is 12.1. The fourth-order valence-corrected chi connectivity index (χ4v) is 2.70. The van der Waals surface area contributed by atoms with Gasteiger partial charge >= 0.3 is 0 Å². The van der Waals surface area contributed by atoms with Gasteiger partial charge in [0.15, 0.2) is 0 Å². The Morgan fingerprint density at radius 2 is 1.89 bits per heavy atom. The molecule has 1 fully saturated rings. The molecule has 1 amide bonds. The standard InChI is InChI=1S/C15H22N2O/c1-11(12-7-5-6-8-12)17-15(18)14(16)13-9-3-2-4-10-13/h2-4,9-12,14H,5-8,16H2,1H3,(H,17,18)/t11-,14?/m1/s1. The minimum absolute atomic E-state index is 0.0689. The van der Waals surface area contributed by atoms with Crippen LogP contribution >= 0.6 is 0 Å². The molecular formula is C15H22N2O. The molecule has 1 aliphatic carbocycles. The zero-order chi connectivity index (χ0) is 13.0. The van der Waals surface area contributed by atoms with Gasteiger partial charge in [-0.25, -0.2) is 0 Å². The molecule has 0 bridgehead atoms. The SMILES string of the molecule is C[C@@H](NC(=O)C(N)c1ccccc1)C1CCCC1. The maximum atomic E-state index is 12.1. The van der Waals surface area contributed by atoms with Crippen LogP contribution in [0.2, 0.25) is 0 Å². The van der Waals surface area contributed by atoms with E-state index in [0.717, 1.165) is 5.56 Å². The molecule has 18 heavy (non-hydrogen) atoms. The van der Waals surface area contributed by atoms with Crippen molar-refractivity contribution in [1.82, 2.24) is 5.32 Å². The molecule has 3 N–H and O–H groups in total. The van der Waals surface area contributed by atoms with E-state index in [9.17, 15) is 4.79 Å². The summed E-state index contributed by atoms with van der Waals surface area (Å²) in [6, 6.07) is 9.19. The van der Waals surface area contributed by atoms with Gasteiger partial charge in [0.25, 0.3) is 0 Å². The molecule has 2 atom stereocenters. The molecule has 0 spiro atoms. The van der Waals surface area contributed by atoms with Crippen molar-refractivity contribution >= 4 is 5.91 Å². The van der Waals surface area contributed by atoms with E-state index >= 15 is 0 Å². The van der Waals surface area contributed by atoms with Crippen LogP contribution in [0.1, 0.15) is 44.2 Å². The molecule has 0 aromatic heterocycles. The number of benzene rings is 1. The lowest BCUT2D eigenvalue weighted by atomic mass is 9.99. The minimum atomic E-state index is -0.560. The normalized spacial score (nSPS) is 19.4. The van der Waals surface area contributed by atoms with Crippen LogP contribution in [0.15, 0.2) is 30.3 Å². The highest BCUT2D eigenvalue weighted by atomic mass is 16.2. The van der Waals surface area contributed by atoms with E-state index in [-0.39, 0.29) is 11.9 Å². The molecule has 3 nitrogen and oxygen atoms in total. The molecule has 1 saturated carbocycles. The third-order valence-electron chi connectivity index (χ3n) is 3.92. The molecule has 98 valence electrons. The van der Waals surface area contributed by atoms with E-state index in [1.165, 1.54) is 25.7 Å². The van der Waals surface area contributed by atoms with Crippen molar-refractivity contribution < 1.29 is 4.79 Å². The largest absolute Gasteiger partial charge is 0.352 e. The van der Waals surface area contributed by atoms with Crippen LogP contribution in [-0.4, -0.2) is 11.9 Å². The van der Waals surface area contributed by atoms with E-state index < -0.39 is 6.04 Å². The third-order valence-corrected chi connectivity index (χ3v) is 3.92. The molecule has 0 saturated heterocycles. The van der Waals surface area contributed by atoms with Crippen LogP contribution in [0.4, 0.5) is 0 Å². The summed E-state index contributed by atoms with van der Waals surface area (Å²) < 4.78 is 0. The Morgan fingerprint density at radius 3 is 2.50 bits per heavy atom. The Morgan fingerprint density at radius 1 is 1.28 bits per heavy atom. The van der Waals surface area contributed by atoms with Crippen LogP contribution in [0.5, 0.6) is 0 Å². The average molecular weight is 246 g/mol. The van der Waals surface area contributed by atoms with Gasteiger partial charge in [0, 0.05) is 6.04 Å².